The minimum atomic E-state index is -3.30. The first kappa shape index (κ1) is 32.2. The predicted molar refractivity (Wildman–Crippen MR) is 125 cm³/mol. The SMILES string of the molecule is CCP(=O)(CC)[O][Al][O][P+](=O)CCC(=O)[O][Al]([O]P(=O)(CC)CC)[O]P(=O)(CC)CC. The molecule has 0 aromatic rings. The van der Waals surface area contributed by atoms with Crippen LogP contribution in [0.3, 0.4) is 0 Å². The number of carbonyl (C=O) groups is 1. The third kappa shape index (κ3) is 13.0. The topological polar surface area (TPSA) is 132 Å². The minimum absolute atomic E-state index is 0.132. The van der Waals surface area contributed by atoms with Crippen LogP contribution < -0.4 is 0 Å². The first-order valence-corrected chi connectivity index (χ1v) is 20.1. The largest absolute Gasteiger partial charge is 1.01 e. The Morgan fingerprint density at radius 2 is 1.23 bits per heavy atom. The average molecular weight is 552 g/mol. The van der Waals surface area contributed by atoms with Crippen LogP contribution in [0.15, 0.2) is 0 Å². The molecule has 0 aliphatic carbocycles. The Labute approximate surface area is 198 Å². The number of hydrogen-bond donors (Lipinski definition) is 0. The van der Waals surface area contributed by atoms with Crippen molar-refractivity contribution in [2.75, 3.05) is 43.1 Å². The van der Waals surface area contributed by atoms with Crippen molar-refractivity contribution in [3.05, 3.63) is 0 Å². The van der Waals surface area contributed by atoms with Crippen LogP contribution in [-0.2, 0) is 41.1 Å². The van der Waals surface area contributed by atoms with Crippen molar-refractivity contribution in [2.24, 2.45) is 0 Å². The summed E-state index contributed by atoms with van der Waals surface area (Å²) in [6.45, 7) is 10.3. The summed E-state index contributed by atoms with van der Waals surface area (Å²) in [6.07, 6.45) is 1.29. The van der Waals surface area contributed by atoms with Gasteiger partial charge in [0.1, 0.15) is 0 Å². The van der Waals surface area contributed by atoms with Crippen molar-refractivity contribution in [1.82, 2.24) is 0 Å². The molecule has 179 valence electrons. The normalized spacial score (nSPS) is 13.0. The van der Waals surface area contributed by atoms with Gasteiger partial charge in [-0.05, 0) is 4.57 Å². The zero-order valence-corrected chi connectivity index (χ0v) is 25.1. The molecule has 31 heavy (non-hydrogen) atoms. The van der Waals surface area contributed by atoms with E-state index in [9.17, 15) is 23.1 Å². The summed E-state index contributed by atoms with van der Waals surface area (Å²) < 4.78 is 76.1. The lowest BCUT2D eigenvalue weighted by Gasteiger charge is -2.23. The molecule has 0 bridgehead atoms. The van der Waals surface area contributed by atoms with Crippen molar-refractivity contribution in [1.29, 1.82) is 0 Å². The van der Waals surface area contributed by atoms with Crippen molar-refractivity contribution < 1.29 is 41.1 Å². The van der Waals surface area contributed by atoms with E-state index in [1.165, 1.54) is 0 Å². The molecule has 0 amide bonds. The van der Waals surface area contributed by atoms with Gasteiger partial charge in [-0.1, -0.05) is 41.5 Å². The van der Waals surface area contributed by atoms with Gasteiger partial charge in [-0.15, -0.1) is 0 Å². The Hall–Kier alpha value is 1.16. The Kier molecular flexibility index (Phi) is 16.5. The van der Waals surface area contributed by atoms with Gasteiger partial charge in [-0.3, -0.25) is 22.1 Å². The Morgan fingerprint density at radius 3 is 1.61 bits per heavy atom. The summed E-state index contributed by atoms with van der Waals surface area (Å²) in [4.78, 5) is 12.2. The highest BCUT2D eigenvalue weighted by Gasteiger charge is 2.47. The molecule has 0 saturated heterocycles. The van der Waals surface area contributed by atoms with E-state index in [4.69, 9.17) is 18.1 Å². The van der Waals surface area contributed by atoms with Gasteiger partial charge in [0.25, 0.3) is 5.97 Å². The summed E-state index contributed by atoms with van der Waals surface area (Å²) in [7, 11) is -11.1. The van der Waals surface area contributed by atoms with E-state index in [1.807, 2.05) is 0 Å². The van der Waals surface area contributed by atoms with E-state index in [0.717, 1.165) is 0 Å². The molecule has 1 unspecified atom stereocenters. The molecule has 0 aromatic heterocycles. The van der Waals surface area contributed by atoms with E-state index in [2.05, 4.69) is 0 Å². The van der Waals surface area contributed by atoms with Gasteiger partial charge < -0.3 is 14.5 Å². The number of carbonyl (C=O) groups excluding carboxylic acids is 1. The number of hydrogen-bond acceptors (Lipinski definition) is 10. The second-order valence-corrected chi connectivity index (χ2v) is 20.6. The molecule has 10 nitrogen and oxygen atoms in total. The van der Waals surface area contributed by atoms with Gasteiger partial charge in [0.05, 0.1) is 6.42 Å². The molecule has 0 rings (SSSR count). The zero-order chi connectivity index (χ0) is 24.1. The molecule has 1 atom stereocenters. The van der Waals surface area contributed by atoms with Crippen LogP contribution in [0.4, 0.5) is 0 Å². The van der Waals surface area contributed by atoms with Crippen molar-refractivity contribution in [2.45, 2.75) is 48.0 Å². The fraction of sp³-hybridized carbons (Fsp3) is 0.933. The van der Waals surface area contributed by atoms with E-state index >= 15 is 0 Å². The van der Waals surface area contributed by atoms with E-state index in [-0.39, 0.29) is 37.2 Å². The highest BCUT2D eigenvalue weighted by molar-refractivity contribution is 7.61. The first-order chi connectivity index (χ1) is 14.4. The Morgan fingerprint density at radius 1 is 0.806 bits per heavy atom. The standard InChI is InChI=1S/3C4H11O2P.C3H5O4P.2Al/c3*1-3-7(5,6)4-2;4-3(5)1-2-8(6)7;;/h3*3-4H2,1-2H3,(H,5,6);1-2H2,(H,4,5);;/q;;;;+2;+3/p-4. The lowest BCUT2D eigenvalue weighted by molar-refractivity contribution is -0.136. The molecule has 16 heteroatoms. The van der Waals surface area contributed by atoms with Crippen LogP contribution >= 0.6 is 30.1 Å². The molecule has 0 heterocycles. The zero-order valence-electron chi connectivity index (χ0n) is 19.2. The van der Waals surface area contributed by atoms with E-state index in [0.29, 0.717) is 12.3 Å². The molecule has 1 radical (unpaired) electrons. The van der Waals surface area contributed by atoms with Gasteiger partial charge in [0.2, 0.25) is 0 Å². The van der Waals surface area contributed by atoms with Crippen LogP contribution in [0.2, 0.25) is 0 Å². The predicted octanol–water partition coefficient (Wildman–Crippen LogP) is 5.20. The lowest BCUT2D eigenvalue weighted by Crippen LogP contribution is -2.29. The third-order valence-electron chi connectivity index (χ3n) is 4.57. The van der Waals surface area contributed by atoms with Gasteiger partial charge >= 0.3 is 39.1 Å². The summed E-state index contributed by atoms with van der Waals surface area (Å²) in [5, 5.41) is 0. The maximum Gasteiger partial charge on any atom is 1.01 e. The van der Waals surface area contributed by atoms with Crippen molar-refractivity contribution in [3.8, 4) is 0 Å². The van der Waals surface area contributed by atoms with Crippen LogP contribution in [0.5, 0.6) is 0 Å². The summed E-state index contributed by atoms with van der Waals surface area (Å²) >= 11 is -4.47. The van der Waals surface area contributed by atoms with Crippen molar-refractivity contribution in [3.63, 3.8) is 0 Å². The third-order valence-corrected chi connectivity index (χ3v) is 19.0. The van der Waals surface area contributed by atoms with Crippen LogP contribution in [-0.4, -0.2) is 80.1 Å². The summed E-state index contributed by atoms with van der Waals surface area (Å²) in [5.41, 5.74) is 0. The van der Waals surface area contributed by atoms with Crippen LogP contribution in [0, 0.1) is 0 Å². The Balaban J connectivity index is 4.84. The highest BCUT2D eigenvalue weighted by Crippen LogP contribution is 2.51. The summed E-state index contributed by atoms with van der Waals surface area (Å²) in [5.74, 6) is -0.759. The van der Waals surface area contributed by atoms with Gasteiger partial charge in [0.15, 0.2) is 28.3 Å². The lowest BCUT2D eigenvalue weighted by atomic mass is 10.5. The molecular weight excluding hydrogens is 518 g/mol. The number of rotatable bonds is 18. The first-order valence-electron chi connectivity index (χ1n) is 10.4. The monoisotopic (exact) mass is 552 g/mol. The molecule has 0 fully saturated rings. The molecule has 0 saturated carbocycles. The smallest absolute Gasteiger partial charge is 0.572 e. The van der Waals surface area contributed by atoms with Crippen molar-refractivity contribution >= 4 is 67.1 Å². The molecular formula is C15H34Al2O10P4+. The average Bonchev–Trinajstić information content (AvgIpc) is 2.77. The highest BCUT2D eigenvalue weighted by atomic mass is 31.2. The maximum absolute atomic E-state index is 12.7. The van der Waals surface area contributed by atoms with E-state index < -0.39 is 67.1 Å². The van der Waals surface area contributed by atoms with Crippen LogP contribution in [0.1, 0.15) is 48.0 Å². The Bertz CT molecular complexity index is 668. The fourth-order valence-electron chi connectivity index (χ4n) is 2.04. The van der Waals surface area contributed by atoms with E-state index in [1.54, 1.807) is 41.5 Å². The molecule has 0 aliphatic rings. The van der Waals surface area contributed by atoms with Gasteiger partial charge in [-0.2, -0.15) is 0 Å². The molecule has 0 aromatic carbocycles. The second-order valence-electron chi connectivity index (χ2n) is 6.44. The summed E-state index contributed by atoms with van der Waals surface area (Å²) in [6, 6.07) is 0. The molecule has 0 aliphatic heterocycles. The molecule has 0 spiro atoms. The second kappa shape index (κ2) is 16.0. The van der Waals surface area contributed by atoms with Gasteiger partial charge in [-0.25, -0.2) is 0 Å². The van der Waals surface area contributed by atoms with Crippen LogP contribution in [0.25, 0.3) is 0 Å². The van der Waals surface area contributed by atoms with Gasteiger partial charge in [0, 0.05) is 37.0 Å². The fourth-order valence-corrected chi connectivity index (χ4v) is 12.9. The quantitative estimate of drug-likeness (QED) is 0.165. The minimum Gasteiger partial charge on any atom is -0.572 e. The maximum atomic E-state index is 12.7. The molecule has 0 N–H and O–H groups in total.